The number of nitrogens with one attached hydrogen (secondary N) is 2. The summed E-state index contributed by atoms with van der Waals surface area (Å²) < 4.78 is 0. The highest BCUT2D eigenvalue weighted by molar-refractivity contribution is 5.80. The van der Waals surface area contributed by atoms with Gasteiger partial charge in [0.25, 0.3) is 0 Å². The Morgan fingerprint density at radius 3 is 2.56 bits per heavy atom. The molecule has 4 nitrogen and oxygen atoms in total. The van der Waals surface area contributed by atoms with Crippen LogP contribution in [0.5, 0.6) is 0 Å². The number of hydrogen-bond acceptors (Lipinski definition) is 2. The number of aryl methyl sites for hydroxylation is 4. The lowest BCUT2D eigenvalue weighted by molar-refractivity contribution is 0.793. The second kappa shape index (κ2) is 6.55. The highest BCUT2D eigenvalue weighted by Crippen LogP contribution is 2.22. The number of aromatic amines is 2. The first kappa shape index (κ1) is 15.6. The quantitative estimate of drug-likeness (QED) is 0.555. The molecule has 0 bridgehead atoms. The fraction of sp³-hybridized carbons (Fsp3) is 0.238. The van der Waals surface area contributed by atoms with Gasteiger partial charge in [-0.1, -0.05) is 30.3 Å². The fourth-order valence-electron chi connectivity index (χ4n) is 3.13. The van der Waals surface area contributed by atoms with Crippen LogP contribution in [0.2, 0.25) is 0 Å². The molecule has 2 aromatic heterocycles. The summed E-state index contributed by atoms with van der Waals surface area (Å²) in [6.07, 6.45) is 3.17. The lowest BCUT2D eigenvalue weighted by atomic mass is 10.1. The van der Waals surface area contributed by atoms with Crippen LogP contribution in [0.15, 0.2) is 48.5 Å². The van der Waals surface area contributed by atoms with Crippen LogP contribution in [-0.4, -0.2) is 20.2 Å². The van der Waals surface area contributed by atoms with Crippen molar-refractivity contribution in [3.8, 4) is 11.5 Å². The number of aromatic nitrogens is 4. The van der Waals surface area contributed by atoms with E-state index in [1.165, 1.54) is 16.7 Å². The minimum Gasteiger partial charge on any atom is -0.337 e. The third-order valence-corrected chi connectivity index (χ3v) is 4.73. The smallest absolute Gasteiger partial charge is 0.159 e. The van der Waals surface area contributed by atoms with Gasteiger partial charge in [0.05, 0.1) is 11.0 Å². The molecule has 126 valence electrons. The van der Waals surface area contributed by atoms with Gasteiger partial charge < -0.3 is 4.98 Å². The van der Waals surface area contributed by atoms with Crippen LogP contribution in [0.4, 0.5) is 0 Å². The summed E-state index contributed by atoms with van der Waals surface area (Å²) in [5.74, 6) is 0.825. The van der Waals surface area contributed by atoms with Crippen LogP contribution in [0.25, 0.3) is 22.6 Å². The van der Waals surface area contributed by atoms with Crippen molar-refractivity contribution in [1.29, 1.82) is 0 Å². The predicted octanol–water partition coefficient (Wildman–Crippen LogP) is 4.75. The molecule has 2 N–H and O–H groups in total. The van der Waals surface area contributed by atoms with Gasteiger partial charge in [0, 0.05) is 5.69 Å². The van der Waals surface area contributed by atoms with Gasteiger partial charge in [0.2, 0.25) is 0 Å². The van der Waals surface area contributed by atoms with Crippen LogP contribution in [0, 0.1) is 13.8 Å². The zero-order valence-corrected chi connectivity index (χ0v) is 14.6. The van der Waals surface area contributed by atoms with Gasteiger partial charge in [-0.15, -0.1) is 0 Å². The molecule has 4 heteroatoms. The number of benzene rings is 2. The van der Waals surface area contributed by atoms with Gasteiger partial charge in [-0.2, -0.15) is 5.10 Å². The molecule has 2 heterocycles. The molecule has 0 atom stereocenters. The fourth-order valence-corrected chi connectivity index (χ4v) is 3.13. The summed E-state index contributed by atoms with van der Waals surface area (Å²) in [5.41, 5.74) is 7.99. The van der Waals surface area contributed by atoms with Crippen LogP contribution >= 0.6 is 0 Å². The van der Waals surface area contributed by atoms with Gasteiger partial charge in [0.15, 0.2) is 5.82 Å². The maximum absolute atomic E-state index is 4.69. The van der Waals surface area contributed by atoms with Crippen molar-refractivity contribution < 1.29 is 0 Å². The average Bonchev–Trinajstić information content (AvgIpc) is 3.23. The van der Waals surface area contributed by atoms with Crippen molar-refractivity contribution in [2.75, 3.05) is 0 Å². The molecule has 0 unspecified atom stereocenters. The van der Waals surface area contributed by atoms with Crippen molar-refractivity contribution in [2.45, 2.75) is 33.1 Å². The summed E-state index contributed by atoms with van der Waals surface area (Å²) in [5, 5.41) is 7.58. The van der Waals surface area contributed by atoms with Crippen LogP contribution < -0.4 is 0 Å². The Bertz CT molecular complexity index is 956. The average molecular weight is 330 g/mol. The van der Waals surface area contributed by atoms with Gasteiger partial charge in [-0.3, -0.25) is 5.10 Å². The van der Waals surface area contributed by atoms with E-state index in [0.29, 0.717) is 0 Å². The topological polar surface area (TPSA) is 57.4 Å². The largest absolute Gasteiger partial charge is 0.337 e. The minimum absolute atomic E-state index is 0.825. The predicted molar refractivity (Wildman–Crippen MR) is 102 cm³/mol. The molecule has 0 spiro atoms. The number of hydrogen-bond donors (Lipinski definition) is 2. The molecule has 0 amide bonds. The first-order valence-corrected chi connectivity index (χ1v) is 8.74. The Morgan fingerprint density at radius 2 is 1.72 bits per heavy atom. The zero-order valence-electron chi connectivity index (χ0n) is 14.6. The second-order valence-electron chi connectivity index (χ2n) is 6.66. The molecule has 0 saturated carbocycles. The highest BCUT2D eigenvalue weighted by Gasteiger charge is 2.10. The molecule has 2 aromatic carbocycles. The van der Waals surface area contributed by atoms with Crippen molar-refractivity contribution >= 4 is 11.0 Å². The van der Waals surface area contributed by atoms with E-state index in [2.05, 4.69) is 82.5 Å². The summed E-state index contributed by atoms with van der Waals surface area (Å²) in [4.78, 5) is 8.07. The van der Waals surface area contributed by atoms with Crippen LogP contribution in [-0.2, 0) is 12.8 Å². The van der Waals surface area contributed by atoms with Crippen molar-refractivity contribution in [2.24, 2.45) is 0 Å². The van der Waals surface area contributed by atoms with Gasteiger partial charge in [-0.25, -0.2) is 4.98 Å². The Morgan fingerprint density at radius 1 is 0.920 bits per heavy atom. The second-order valence-corrected chi connectivity index (χ2v) is 6.66. The van der Waals surface area contributed by atoms with Gasteiger partial charge >= 0.3 is 0 Å². The van der Waals surface area contributed by atoms with E-state index in [9.17, 15) is 0 Å². The molecule has 4 aromatic rings. The monoisotopic (exact) mass is 330 g/mol. The Labute approximate surface area is 147 Å². The normalized spacial score (nSPS) is 11.3. The van der Waals surface area contributed by atoms with E-state index < -0.39 is 0 Å². The van der Waals surface area contributed by atoms with E-state index in [0.717, 1.165) is 47.5 Å². The summed E-state index contributed by atoms with van der Waals surface area (Å²) in [6.45, 7) is 4.23. The van der Waals surface area contributed by atoms with Crippen molar-refractivity contribution in [3.63, 3.8) is 0 Å². The molecule has 0 aliphatic carbocycles. The number of imidazole rings is 1. The number of rotatable bonds is 5. The lowest BCUT2D eigenvalue weighted by Crippen LogP contribution is -1.90. The molecule has 0 saturated heterocycles. The highest BCUT2D eigenvalue weighted by atomic mass is 15.1. The SMILES string of the molecule is Cc1cc2nc(-c3cc(CCCc4ccccc4)[nH]n3)[nH]c2cc1C. The summed E-state index contributed by atoms with van der Waals surface area (Å²) in [7, 11) is 0. The molecule has 0 radical (unpaired) electrons. The van der Waals surface area contributed by atoms with Crippen LogP contribution in [0.3, 0.4) is 0 Å². The third-order valence-electron chi connectivity index (χ3n) is 4.73. The van der Waals surface area contributed by atoms with Crippen molar-refractivity contribution in [3.05, 3.63) is 70.9 Å². The van der Waals surface area contributed by atoms with E-state index in [-0.39, 0.29) is 0 Å². The molecule has 0 aliphatic rings. The number of H-pyrrole nitrogens is 2. The molecular weight excluding hydrogens is 308 g/mol. The van der Waals surface area contributed by atoms with E-state index in [1.807, 2.05) is 0 Å². The Hall–Kier alpha value is -2.88. The van der Waals surface area contributed by atoms with Gasteiger partial charge in [-0.05, 0) is 68.0 Å². The molecule has 0 aliphatic heterocycles. The van der Waals surface area contributed by atoms with Gasteiger partial charge in [0.1, 0.15) is 5.69 Å². The van der Waals surface area contributed by atoms with E-state index >= 15 is 0 Å². The molecule has 0 fully saturated rings. The number of nitrogens with zero attached hydrogens (tertiary/aromatic N) is 2. The summed E-state index contributed by atoms with van der Waals surface area (Å²) in [6, 6.07) is 17.0. The maximum Gasteiger partial charge on any atom is 0.159 e. The third kappa shape index (κ3) is 3.33. The first-order chi connectivity index (χ1) is 12.2. The zero-order chi connectivity index (χ0) is 17.2. The lowest BCUT2D eigenvalue weighted by Gasteiger charge is -1.99. The number of fused-ring (bicyclic) bond motifs is 1. The van der Waals surface area contributed by atoms with E-state index in [4.69, 9.17) is 0 Å². The standard InChI is InChI=1S/C21H22N4/c1-14-11-18-19(12-15(14)2)23-21(22-18)20-13-17(24-25-20)10-6-9-16-7-4-3-5-8-16/h3-5,7-8,11-13H,6,9-10H2,1-2H3,(H,22,23)(H,24,25). The Kier molecular flexibility index (Phi) is 4.10. The summed E-state index contributed by atoms with van der Waals surface area (Å²) >= 11 is 0. The Balaban J connectivity index is 1.47. The van der Waals surface area contributed by atoms with Crippen LogP contribution in [0.1, 0.15) is 28.8 Å². The van der Waals surface area contributed by atoms with E-state index in [1.54, 1.807) is 0 Å². The maximum atomic E-state index is 4.69. The molecule has 25 heavy (non-hydrogen) atoms. The van der Waals surface area contributed by atoms with Crippen molar-refractivity contribution in [1.82, 2.24) is 20.2 Å². The first-order valence-electron chi connectivity index (χ1n) is 8.74. The minimum atomic E-state index is 0.825. The molecular formula is C21H22N4. The molecule has 4 rings (SSSR count).